The van der Waals surface area contributed by atoms with E-state index in [2.05, 4.69) is 32.9 Å². The van der Waals surface area contributed by atoms with Crippen LogP contribution in [0.4, 0.5) is 0 Å². The van der Waals surface area contributed by atoms with Gasteiger partial charge in [-0.15, -0.1) is 0 Å². The molecule has 3 aromatic carbocycles. The smallest absolute Gasteiger partial charge is 0.375 e. The summed E-state index contributed by atoms with van der Waals surface area (Å²) in [5.41, 5.74) is 3.67. The summed E-state index contributed by atoms with van der Waals surface area (Å²) < 4.78 is 11.6. The van der Waals surface area contributed by atoms with Crippen molar-refractivity contribution in [1.29, 1.82) is 0 Å². The zero-order valence-electron chi connectivity index (χ0n) is 17.2. The van der Waals surface area contributed by atoms with E-state index in [0.29, 0.717) is 10.6 Å². The maximum absolute atomic E-state index is 12.9. The van der Waals surface area contributed by atoms with Gasteiger partial charge in [-0.1, -0.05) is 87.0 Å². The molecule has 4 rings (SSSR count). The van der Waals surface area contributed by atoms with E-state index in [1.54, 1.807) is 24.3 Å². The van der Waals surface area contributed by atoms with E-state index in [-0.39, 0.29) is 11.2 Å². The van der Waals surface area contributed by atoms with Crippen LogP contribution in [0.3, 0.4) is 0 Å². The molecule has 0 radical (unpaired) electrons. The molecule has 4 aromatic rings. The summed E-state index contributed by atoms with van der Waals surface area (Å²) in [6.07, 6.45) is -0.537. The Balaban J connectivity index is 1.67. The van der Waals surface area contributed by atoms with Crippen molar-refractivity contribution in [3.63, 3.8) is 0 Å². The molecule has 0 saturated carbocycles. The molecule has 0 saturated heterocycles. The van der Waals surface area contributed by atoms with Gasteiger partial charge >= 0.3 is 5.97 Å². The van der Waals surface area contributed by atoms with Crippen LogP contribution in [0.1, 0.15) is 54.1 Å². The van der Waals surface area contributed by atoms with Crippen molar-refractivity contribution in [1.82, 2.24) is 0 Å². The molecule has 1 unspecified atom stereocenters. The minimum Gasteiger partial charge on any atom is -0.449 e. The topological polar surface area (TPSA) is 39.4 Å². The largest absolute Gasteiger partial charge is 0.449 e. The van der Waals surface area contributed by atoms with E-state index in [1.807, 2.05) is 42.5 Å². The summed E-state index contributed by atoms with van der Waals surface area (Å²) in [6.45, 7) is 6.51. The number of halogens is 1. The van der Waals surface area contributed by atoms with Gasteiger partial charge in [-0.2, -0.15) is 0 Å². The minimum atomic E-state index is -0.537. The van der Waals surface area contributed by atoms with E-state index in [1.165, 1.54) is 5.56 Å². The summed E-state index contributed by atoms with van der Waals surface area (Å²) in [5.74, 6) is -0.365. The fourth-order valence-electron chi connectivity index (χ4n) is 3.39. The highest BCUT2D eigenvalue weighted by Crippen LogP contribution is 2.31. The molecule has 0 aliphatic rings. The van der Waals surface area contributed by atoms with Gasteiger partial charge in [0.1, 0.15) is 5.58 Å². The molecule has 3 nitrogen and oxygen atoms in total. The van der Waals surface area contributed by atoms with Crippen molar-refractivity contribution in [3.8, 4) is 0 Å². The zero-order valence-corrected chi connectivity index (χ0v) is 17.9. The molecular weight excluding hydrogens is 396 g/mol. The molecule has 1 heterocycles. The van der Waals surface area contributed by atoms with Gasteiger partial charge in [0.2, 0.25) is 5.76 Å². The van der Waals surface area contributed by atoms with E-state index < -0.39 is 12.1 Å². The first-order valence-electron chi connectivity index (χ1n) is 9.87. The van der Waals surface area contributed by atoms with Crippen molar-refractivity contribution >= 4 is 28.5 Å². The maximum Gasteiger partial charge on any atom is 0.375 e. The average Bonchev–Trinajstić information content (AvgIpc) is 3.15. The fraction of sp³-hybridized carbons (Fsp3) is 0.192. The second-order valence-corrected chi connectivity index (χ2v) is 8.80. The Morgan fingerprint density at radius 1 is 0.900 bits per heavy atom. The molecule has 1 atom stereocenters. The van der Waals surface area contributed by atoms with Gasteiger partial charge in [0, 0.05) is 10.4 Å². The van der Waals surface area contributed by atoms with Gasteiger partial charge in [-0.05, 0) is 46.4 Å². The van der Waals surface area contributed by atoms with Gasteiger partial charge in [0.05, 0.1) is 0 Å². The number of furan rings is 1. The third-order valence-corrected chi connectivity index (χ3v) is 5.32. The van der Waals surface area contributed by atoms with E-state index in [9.17, 15) is 4.79 Å². The van der Waals surface area contributed by atoms with Crippen LogP contribution in [0.25, 0.3) is 11.0 Å². The number of hydrogen-bond acceptors (Lipinski definition) is 3. The third kappa shape index (κ3) is 4.27. The fourth-order valence-corrected chi connectivity index (χ4v) is 3.57. The number of carbonyl (C=O) groups excluding carboxylic acids is 1. The molecule has 0 aliphatic heterocycles. The van der Waals surface area contributed by atoms with Crippen molar-refractivity contribution < 1.29 is 13.9 Å². The summed E-state index contributed by atoms with van der Waals surface area (Å²) in [6, 6.07) is 24.8. The van der Waals surface area contributed by atoms with Crippen LogP contribution in [0.5, 0.6) is 0 Å². The van der Waals surface area contributed by atoms with Crippen LogP contribution < -0.4 is 0 Å². The molecule has 1 aromatic heterocycles. The normalized spacial score (nSPS) is 12.7. The number of ether oxygens (including phenoxy) is 1. The SMILES string of the molecule is CC(C)(C)c1ccc(C(OC(=O)c2cc3cc(Cl)ccc3o2)c2ccccc2)cc1. The van der Waals surface area contributed by atoms with Crippen LogP contribution >= 0.6 is 11.6 Å². The van der Waals surface area contributed by atoms with Crippen molar-refractivity contribution in [3.05, 3.63) is 106 Å². The van der Waals surface area contributed by atoms with Crippen LogP contribution in [0, 0.1) is 0 Å². The van der Waals surface area contributed by atoms with Crippen LogP contribution in [0.2, 0.25) is 5.02 Å². The lowest BCUT2D eigenvalue weighted by Gasteiger charge is -2.22. The highest BCUT2D eigenvalue weighted by molar-refractivity contribution is 6.31. The molecule has 0 amide bonds. The Labute approximate surface area is 181 Å². The van der Waals surface area contributed by atoms with Crippen LogP contribution in [0.15, 0.2) is 83.3 Å². The lowest BCUT2D eigenvalue weighted by molar-refractivity contribution is 0.0344. The van der Waals surface area contributed by atoms with Crippen molar-refractivity contribution in [2.45, 2.75) is 32.3 Å². The Morgan fingerprint density at radius 3 is 2.23 bits per heavy atom. The molecule has 0 spiro atoms. The predicted molar refractivity (Wildman–Crippen MR) is 120 cm³/mol. The molecule has 0 fully saturated rings. The third-order valence-electron chi connectivity index (χ3n) is 5.09. The maximum atomic E-state index is 12.9. The highest BCUT2D eigenvalue weighted by atomic mass is 35.5. The zero-order chi connectivity index (χ0) is 21.3. The second kappa shape index (κ2) is 8.00. The average molecular weight is 419 g/mol. The van der Waals surface area contributed by atoms with Gasteiger partial charge in [-0.25, -0.2) is 4.79 Å². The van der Waals surface area contributed by atoms with Crippen LogP contribution in [-0.2, 0) is 10.2 Å². The molecule has 0 aliphatic carbocycles. The number of esters is 1. The minimum absolute atomic E-state index is 0.0486. The Bertz CT molecular complexity index is 1170. The quantitative estimate of drug-likeness (QED) is 0.325. The second-order valence-electron chi connectivity index (χ2n) is 8.36. The predicted octanol–water partition coefficient (Wildman–Crippen LogP) is 7.33. The highest BCUT2D eigenvalue weighted by Gasteiger charge is 2.23. The van der Waals surface area contributed by atoms with E-state index in [0.717, 1.165) is 16.5 Å². The van der Waals surface area contributed by atoms with Crippen molar-refractivity contribution in [2.24, 2.45) is 0 Å². The van der Waals surface area contributed by atoms with Gasteiger partial charge < -0.3 is 9.15 Å². The lowest BCUT2D eigenvalue weighted by atomic mass is 9.86. The Kier molecular flexibility index (Phi) is 5.40. The summed E-state index contributed by atoms with van der Waals surface area (Å²) in [5, 5.41) is 1.35. The number of carbonyl (C=O) groups is 1. The van der Waals surface area contributed by atoms with Gasteiger partial charge in [-0.3, -0.25) is 0 Å². The Hall–Kier alpha value is -3.04. The number of hydrogen-bond donors (Lipinski definition) is 0. The van der Waals surface area contributed by atoms with Gasteiger partial charge in [0.25, 0.3) is 0 Å². The first-order valence-corrected chi connectivity index (χ1v) is 10.2. The van der Waals surface area contributed by atoms with Crippen molar-refractivity contribution in [2.75, 3.05) is 0 Å². The first kappa shape index (κ1) is 20.2. The molecule has 4 heteroatoms. The standard InChI is InChI=1S/C26H23ClO3/c1-26(2,3)20-11-9-18(10-12-20)24(17-7-5-4-6-8-17)30-25(28)23-16-19-15-21(27)13-14-22(19)29-23/h4-16,24H,1-3H3. The number of fused-ring (bicyclic) bond motifs is 1. The molecule has 0 N–H and O–H groups in total. The van der Waals surface area contributed by atoms with Crippen LogP contribution in [-0.4, -0.2) is 5.97 Å². The monoisotopic (exact) mass is 418 g/mol. The summed E-state index contributed by atoms with van der Waals surface area (Å²) in [7, 11) is 0. The summed E-state index contributed by atoms with van der Waals surface area (Å²) >= 11 is 6.04. The molecule has 30 heavy (non-hydrogen) atoms. The van der Waals surface area contributed by atoms with E-state index >= 15 is 0 Å². The Morgan fingerprint density at radius 2 is 1.57 bits per heavy atom. The summed E-state index contributed by atoms with van der Waals surface area (Å²) in [4.78, 5) is 12.9. The number of rotatable bonds is 4. The molecular formula is C26H23ClO3. The van der Waals surface area contributed by atoms with E-state index in [4.69, 9.17) is 20.8 Å². The lowest BCUT2D eigenvalue weighted by Crippen LogP contribution is -2.14. The number of benzene rings is 3. The molecule has 0 bridgehead atoms. The van der Waals surface area contributed by atoms with Gasteiger partial charge in [0.15, 0.2) is 6.10 Å². The first-order chi connectivity index (χ1) is 14.3. The molecule has 152 valence electrons.